The van der Waals surface area contributed by atoms with Gasteiger partial charge in [0.25, 0.3) is 0 Å². The molecule has 0 saturated carbocycles. The highest BCUT2D eigenvalue weighted by atomic mass is 27.2. The molecule has 2 nitrogen and oxygen atoms in total. The Labute approximate surface area is 179 Å². The van der Waals surface area contributed by atoms with Crippen molar-refractivity contribution in [1.29, 1.82) is 0 Å². The fraction of sp³-hybridized carbons (Fsp3) is 0.680. The molecule has 0 saturated heterocycles. The van der Waals surface area contributed by atoms with Crippen LogP contribution in [0, 0.1) is 11.8 Å². The van der Waals surface area contributed by atoms with Gasteiger partial charge in [-0.25, -0.2) is 0 Å². The molecule has 158 valence electrons. The molecular weight excluding hydrogens is 359 g/mol. The van der Waals surface area contributed by atoms with Crippen molar-refractivity contribution in [1.82, 2.24) is 0 Å². The van der Waals surface area contributed by atoms with E-state index in [4.69, 9.17) is 8.53 Å². The molecule has 1 aromatic rings. The van der Waals surface area contributed by atoms with E-state index in [-0.39, 0.29) is 10.8 Å². The van der Waals surface area contributed by atoms with Crippen LogP contribution in [0.15, 0.2) is 24.8 Å². The van der Waals surface area contributed by atoms with Crippen LogP contribution in [0.4, 0.5) is 0 Å². The average molecular weight is 403 g/mol. The summed E-state index contributed by atoms with van der Waals surface area (Å²) in [5.74, 6) is 3.36. The van der Waals surface area contributed by atoms with Gasteiger partial charge in [-0.1, -0.05) is 104 Å². The molecule has 1 aromatic carbocycles. The zero-order chi connectivity index (χ0) is 21.7. The van der Waals surface area contributed by atoms with Crippen molar-refractivity contribution in [2.24, 2.45) is 11.8 Å². The summed E-state index contributed by atoms with van der Waals surface area (Å²) < 4.78 is 12.9. The Morgan fingerprint density at radius 1 is 0.893 bits per heavy atom. The maximum absolute atomic E-state index is 6.97. The van der Waals surface area contributed by atoms with Gasteiger partial charge in [-0.2, -0.15) is 0 Å². The molecule has 28 heavy (non-hydrogen) atoms. The molecule has 1 rings (SSSR count). The molecule has 0 fully saturated rings. The summed E-state index contributed by atoms with van der Waals surface area (Å²) in [5.41, 5.74) is 2.47. The maximum Gasteiger partial charge on any atom is 0.547 e. The van der Waals surface area contributed by atoms with Gasteiger partial charge in [-0.05, 0) is 34.1 Å². The molecule has 0 N–H and O–H groups in total. The largest absolute Gasteiger partial charge is 0.642 e. The summed E-state index contributed by atoms with van der Waals surface area (Å²) in [6.07, 6.45) is 1.80. The van der Waals surface area contributed by atoms with Crippen molar-refractivity contribution in [2.75, 3.05) is 6.61 Å². The minimum Gasteiger partial charge on any atom is -0.642 e. The van der Waals surface area contributed by atoms with Gasteiger partial charge in [-0.3, -0.25) is 0 Å². The Kier molecular flexibility index (Phi) is 9.17. The smallest absolute Gasteiger partial charge is 0.547 e. The quantitative estimate of drug-likeness (QED) is 0.314. The summed E-state index contributed by atoms with van der Waals surface area (Å²) in [7, 11) is 0. The Hall–Kier alpha value is -0.908. The summed E-state index contributed by atoms with van der Waals surface area (Å²) >= 11 is -1.37. The minimum atomic E-state index is -1.37. The average Bonchev–Trinajstić information content (AvgIpc) is 2.50. The lowest BCUT2D eigenvalue weighted by molar-refractivity contribution is 0.358. The predicted octanol–water partition coefficient (Wildman–Crippen LogP) is 7.53. The Balaban J connectivity index is 3.56. The predicted molar refractivity (Wildman–Crippen MR) is 125 cm³/mol. The number of rotatable bonds is 9. The van der Waals surface area contributed by atoms with Crippen molar-refractivity contribution in [3.63, 3.8) is 0 Å². The molecule has 0 spiro atoms. The molecule has 0 aliphatic heterocycles. The van der Waals surface area contributed by atoms with Gasteiger partial charge in [0.2, 0.25) is 0 Å². The standard InChI is InChI=1S/C17H26O2.2C4H9.Al/c1-8-9-19-12-10-13(16(2,3)4)15(18)14(11-12)17(5,6)7;2*1-4(2)3;/h8,10-11,18H,1,9H2,2-7H3;2*4H,1H2,2-3H3;/q;;;+1/p-1. The van der Waals surface area contributed by atoms with Gasteiger partial charge >= 0.3 is 14.5 Å². The number of benzene rings is 1. The van der Waals surface area contributed by atoms with Gasteiger partial charge in [-0.15, -0.1) is 0 Å². The summed E-state index contributed by atoms with van der Waals surface area (Å²) in [6.45, 7) is 27.1. The van der Waals surface area contributed by atoms with Gasteiger partial charge in [0.1, 0.15) is 12.4 Å². The Bertz CT molecular complexity index is 588. The molecule has 0 amide bonds. The lowest BCUT2D eigenvalue weighted by Gasteiger charge is -2.33. The molecule has 0 heterocycles. The monoisotopic (exact) mass is 402 g/mol. The van der Waals surface area contributed by atoms with Crippen LogP contribution in [0.1, 0.15) is 80.4 Å². The highest BCUT2D eigenvalue weighted by Gasteiger charge is 2.33. The zero-order valence-electron chi connectivity index (χ0n) is 20.1. The third-order valence-electron chi connectivity index (χ3n) is 4.80. The van der Waals surface area contributed by atoms with Crippen molar-refractivity contribution in [2.45, 2.75) is 90.6 Å². The lowest BCUT2D eigenvalue weighted by Crippen LogP contribution is -2.29. The molecule has 0 aliphatic rings. The summed E-state index contributed by atoms with van der Waals surface area (Å²) in [5, 5.41) is 2.42. The second kappa shape index (κ2) is 10.2. The first-order chi connectivity index (χ1) is 12.8. The molecule has 0 atom stereocenters. The number of ether oxygens (including phenoxy) is 1. The number of hydrogen-bond acceptors (Lipinski definition) is 2. The van der Waals surface area contributed by atoms with Crippen LogP contribution in [0.3, 0.4) is 0 Å². The van der Waals surface area contributed by atoms with Crippen LogP contribution in [-0.4, -0.2) is 21.1 Å². The van der Waals surface area contributed by atoms with Crippen LogP contribution in [0.5, 0.6) is 11.5 Å². The molecular formula is C25H43AlO2. The first kappa shape index (κ1) is 25.1. The molecule has 0 aliphatic carbocycles. The topological polar surface area (TPSA) is 18.5 Å². The number of hydrogen-bond donors (Lipinski definition) is 0. The van der Waals surface area contributed by atoms with Gasteiger partial charge < -0.3 is 8.53 Å². The fourth-order valence-electron chi connectivity index (χ4n) is 3.49. The van der Waals surface area contributed by atoms with Crippen molar-refractivity contribution < 1.29 is 8.53 Å². The molecule has 0 aromatic heterocycles. The molecule has 3 heteroatoms. The molecule has 0 radical (unpaired) electrons. The van der Waals surface area contributed by atoms with E-state index in [0.29, 0.717) is 18.4 Å². The Morgan fingerprint density at radius 2 is 1.32 bits per heavy atom. The van der Waals surface area contributed by atoms with E-state index >= 15 is 0 Å². The van der Waals surface area contributed by atoms with E-state index in [9.17, 15) is 0 Å². The van der Waals surface area contributed by atoms with Crippen molar-refractivity contribution >= 4 is 14.5 Å². The molecule has 0 bridgehead atoms. The van der Waals surface area contributed by atoms with Crippen molar-refractivity contribution in [3.05, 3.63) is 35.9 Å². The van der Waals surface area contributed by atoms with E-state index < -0.39 is 14.5 Å². The third kappa shape index (κ3) is 7.84. The second-order valence-corrected chi connectivity index (χ2v) is 13.4. The highest BCUT2D eigenvalue weighted by Crippen LogP contribution is 2.43. The van der Waals surface area contributed by atoms with E-state index in [1.165, 1.54) is 21.7 Å². The van der Waals surface area contributed by atoms with Gasteiger partial charge in [0.15, 0.2) is 0 Å². The maximum atomic E-state index is 6.97. The molecule has 0 unspecified atom stereocenters. The van der Waals surface area contributed by atoms with E-state index in [2.05, 4.69) is 87.9 Å². The lowest BCUT2D eigenvalue weighted by atomic mass is 9.79. The second-order valence-electron chi connectivity index (χ2n) is 10.9. The highest BCUT2D eigenvalue weighted by molar-refractivity contribution is 6.52. The van der Waals surface area contributed by atoms with Gasteiger partial charge in [0, 0.05) is 0 Å². The van der Waals surface area contributed by atoms with Crippen LogP contribution in [0.25, 0.3) is 0 Å². The first-order valence-corrected chi connectivity index (χ1v) is 13.0. The van der Waals surface area contributed by atoms with E-state index in [1.807, 2.05) is 0 Å². The van der Waals surface area contributed by atoms with Crippen LogP contribution < -0.4 is 8.53 Å². The van der Waals surface area contributed by atoms with Crippen LogP contribution >= 0.6 is 0 Å². The van der Waals surface area contributed by atoms with Crippen molar-refractivity contribution in [3.8, 4) is 11.5 Å². The normalized spacial score (nSPS) is 12.4. The Morgan fingerprint density at radius 3 is 1.64 bits per heavy atom. The van der Waals surface area contributed by atoms with Gasteiger partial charge in [0.05, 0.1) is 5.75 Å². The van der Waals surface area contributed by atoms with Crippen LogP contribution in [0.2, 0.25) is 10.6 Å². The SMILES string of the molecule is C=CCOc1cc(C(C)(C)C)c([O][Al]([CH2]C(C)C)[CH2]C(C)C)c(C(C)(C)C)c1. The van der Waals surface area contributed by atoms with Crippen LogP contribution in [-0.2, 0) is 10.8 Å². The summed E-state index contributed by atoms with van der Waals surface area (Å²) in [6, 6.07) is 4.37. The third-order valence-corrected chi connectivity index (χ3v) is 8.31. The zero-order valence-corrected chi connectivity index (χ0v) is 21.3. The van der Waals surface area contributed by atoms with E-state index in [1.54, 1.807) is 6.08 Å². The minimum absolute atomic E-state index is 0.0164. The summed E-state index contributed by atoms with van der Waals surface area (Å²) in [4.78, 5) is 0. The fourth-order valence-corrected chi connectivity index (χ4v) is 6.57. The van der Waals surface area contributed by atoms with E-state index in [0.717, 1.165) is 11.5 Å². The first-order valence-electron chi connectivity index (χ1n) is 10.8.